The topological polar surface area (TPSA) is 118 Å². The first kappa shape index (κ1) is 14.8. The van der Waals surface area contributed by atoms with Gasteiger partial charge >= 0.3 is 5.69 Å². The van der Waals surface area contributed by atoms with Crippen molar-refractivity contribution in [1.82, 2.24) is 30.0 Å². The molecule has 120 valence electrons. The van der Waals surface area contributed by atoms with E-state index in [0.717, 1.165) is 15.1 Å². The largest absolute Gasteiger partial charge is 0.353 e. The number of carbonyl (C=O) groups is 1. The van der Waals surface area contributed by atoms with Gasteiger partial charge in [0, 0.05) is 11.1 Å². The maximum absolute atomic E-state index is 12.5. The molecule has 0 bridgehead atoms. The molecule has 0 atom stereocenters. The van der Waals surface area contributed by atoms with Gasteiger partial charge in [-0.3, -0.25) is 10.1 Å². The van der Waals surface area contributed by atoms with Crippen molar-refractivity contribution in [1.29, 1.82) is 0 Å². The Bertz CT molecular complexity index is 1120. The Morgan fingerprint density at radius 2 is 2.29 bits per heavy atom. The van der Waals surface area contributed by atoms with Gasteiger partial charge < -0.3 is 0 Å². The fourth-order valence-corrected chi connectivity index (χ4v) is 3.98. The molecule has 1 aromatic carbocycles. The number of tetrazole rings is 1. The summed E-state index contributed by atoms with van der Waals surface area (Å²) >= 11 is 2.97. The normalized spacial score (nSPS) is 11.2. The highest BCUT2D eigenvalue weighted by Gasteiger charge is 2.18. The van der Waals surface area contributed by atoms with Gasteiger partial charge in [0.25, 0.3) is 11.9 Å². The molecular weight excluding hydrogens is 350 g/mol. The van der Waals surface area contributed by atoms with Gasteiger partial charge in [-0.1, -0.05) is 5.10 Å². The summed E-state index contributed by atoms with van der Waals surface area (Å²) in [5.41, 5.74) is 0.565. The van der Waals surface area contributed by atoms with E-state index >= 15 is 0 Å². The molecule has 4 aromatic rings. The number of amides is 1. The Kier molecular flexibility index (Phi) is 3.50. The second kappa shape index (κ2) is 5.69. The van der Waals surface area contributed by atoms with Crippen LogP contribution in [0.1, 0.15) is 10.4 Å². The summed E-state index contributed by atoms with van der Waals surface area (Å²) in [6.45, 7) is 0. The lowest BCUT2D eigenvalue weighted by Crippen LogP contribution is -2.21. The number of thioether (sulfide) groups is 1. The Hall–Kier alpha value is -2.79. The summed E-state index contributed by atoms with van der Waals surface area (Å²) in [6.07, 6.45) is 3.24. The van der Waals surface area contributed by atoms with Gasteiger partial charge in [-0.25, -0.2) is 14.2 Å². The number of thiazole rings is 1. The van der Waals surface area contributed by atoms with E-state index in [1.165, 1.54) is 21.9 Å². The minimum atomic E-state index is -0.460. The van der Waals surface area contributed by atoms with E-state index in [1.54, 1.807) is 11.8 Å². The number of benzene rings is 1. The minimum absolute atomic E-state index is 0.0510. The van der Waals surface area contributed by atoms with E-state index in [4.69, 9.17) is 0 Å². The SMILES string of the molecule is CSc1ccc2c(c1)sc1c(C(=O)Nc3nn[nH]n3)cnc(=O)n12. The Labute approximate surface area is 142 Å². The number of H-pyrrole nitrogens is 1. The lowest BCUT2D eigenvalue weighted by atomic mass is 10.3. The number of nitrogens with zero attached hydrogens (tertiary/aromatic N) is 5. The van der Waals surface area contributed by atoms with Crippen LogP contribution >= 0.6 is 23.1 Å². The quantitative estimate of drug-likeness (QED) is 0.531. The van der Waals surface area contributed by atoms with Crippen LogP contribution in [0.3, 0.4) is 0 Å². The maximum atomic E-state index is 12.5. The summed E-state index contributed by atoms with van der Waals surface area (Å²) in [5, 5.41) is 15.5. The van der Waals surface area contributed by atoms with Crippen LogP contribution in [0, 0.1) is 0 Å². The molecule has 1 amide bonds. The minimum Gasteiger partial charge on any atom is -0.288 e. The molecule has 0 aliphatic rings. The summed E-state index contributed by atoms with van der Waals surface area (Å²) < 4.78 is 2.34. The van der Waals surface area contributed by atoms with Gasteiger partial charge in [0.1, 0.15) is 4.83 Å². The number of hydrogen-bond acceptors (Lipinski definition) is 8. The van der Waals surface area contributed by atoms with E-state index in [2.05, 4.69) is 30.9 Å². The van der Waals surface area contributed by atoms with Crippen LogP contribution in [0.15, 0.2) is 34.1 Å². The lowest BCUT2D eigenvalue weighted by molar-refractivity contribution is 0.102. The lowest BCUT2D eigenvalue weighted by Gasteiger charge is -2.02. The maximum Gasteiger partial charge on any atom is 0.353 e. The molecular formula is C13H9N7O2S2. The van der Waals surface area contributed by atoms with E-state index in [-0.39, 0.29) is 11.5 Å². The first-order valence-electron chi connectivity index (χ1n) is 6.70. The fraction of sp³-hybridized carbons (Fsp3) is 0.0769. The number of anilines is 1. The molecule has 0 saturated carbocycles. The molecule has 11 heteroatoms. The Morgan fingerprint density at radius 3 is 3.04 bits per heavy atom. The third-order valence-corrected chi connectivity index (χ3v) is 5.23. The molecule has 3 heterocycles. The zero-order valence-corrected chi connectivity index (χ0v) is 13.8. The predicted molar refractivity (Wildman–Crippen MR) is 90.8 cm³/mol. The molecule has 3 aromatic heterocycles. The first-order valence-corrected chi connectivity index (χ1v) is 8.74. The zero-order chi connectivity index (χ0) is 16.7. The number of nitrogens with one attached hydrogen (secondary N) is 2. The average molecular weight is 359 g/mol. The van der Waals surface area contributed by atoms with Gasteiger partial charge in [-0.05, 0) is 29.7 Å². The third kappa shape index (κ3) is 2.34. The van der Waals surface area contributed by atoms with Crippen molar-refractivity contribution in [3.8, 4) is 0 Å². The molecule has 0 unspecified atom stereocenters. The highest BCUT2D eigenvalue weighted by atomic mass is 32.2. The standard InChI is InChI=1S/C13H9N7O2S2/c1-23-6-2-3-8-9(4-6)24-11-7(5-14-13(22)20(8)11)10(21)15-12-16-18-19-17-12/h2-5H,1H3,(H2,15,16,17,18,19,21). The summed E-state index contributed by atoms with van der Waals surface area (Å²) in [4.78, 5) is 30.0. The second-order valence-electron chi connectivity index (χ2n) is 4.72. The molecule has 0 aliphatic carbocycles. The van der Waals surface area contributed by atoms with Crippen molar-refractivity contribution in [2.24, 2.45) is 0 Å². The summed E-state index contributed by atoms with van der Waals surface area (Å²) in [7, 11) is 0. The molecule has 0 radical (unpaired) electrons. The van der Waals surface area contributed by atoms with Gasteiger partial charge in [0.15, 0.2) is 0 Å². The highest BCUT2D eigenvalue weighted by molar-refractivity contribution is 7.98. The number of fused-ring (bicyclic) bond motifs is 3. The van der Waals surface area contributed by atoms with Crippen LogP contribution in [0.5, 0.6) is 0 Å². The van der Waals surface area contributed by atoms with Crippen LogP contribution < -0.4 is 11.0 Å². The van der Waals surface area contributed by atoms with Crippen LogP contribution in [0.25, 0.3) is 15.0 Å². The smallest absolute Gasteiger partial charge is 0.288 e. The fourth-order valence-electron chi connectivity index (χ4n) is 2.28. The second-order valence-corrected chi connectivity index (χ2v) is 6.63. The van der Waals surface area contributed by atoms with E-state index in [9.17, 15) is 9.59 Å². The monoisotopic (exact) mass is 359 g/mol. The van der Waals surface area contributed by atoms with Crippen LogP contribution in [0.2, 0.25) is 0 Å². The van der Waals surface area contributed by atoms with E-state index in [1.807, 2.05) is 24.5 Å². The highest BCUT2D eigenvalue weighted by Crippen LogP contribution is 2.30. The van der Waals surface area contributed by atoms with Crippen molar-refractivity contribution < 1.29 is 4.79 Å². The van der Waals surface area contributed by atoms with E-state index in [0.29, 0.717) is 4.83 Å². The summed E-state index contributed by atoms with van der Waals surface area (Å²) in [5.74, 6) is -0.409. The number of carbonyl (C=O) groups excluding carboxylic acids is 1. The van der Waals surface area contributed by atoms with Crippen LogP contribution in [0.4, 0.5) is 5.95 Å². The molecule has 24 heavy (non-hydrogen) atoms. The first-order chi connectivity index (χ1) is 11.7. The van der Waals surface area contributed by atoms with Crippen molar-refractivity contribution in [3.63, 3.8) is 0 Å². The summed E-state index contributed by atoms with van der Waals surface area (Å²) in [6, 6.07) is 5.77. The van der Waals surface area contributed by atoms with Crippen molar-refractivity contribution in [2.45, 2.75) is 4.90 Å². The molecule has 2 N–H and O–H groups in total. The Morgan fingerprint density at radius 1 is 1.42 bits per heavy atom. The third-order valence-electron chi connectivity index (χ3n) is 3.36. The number of aromatic nitrogens is 6. The van der Waals surface area contributed by atoms with Gasteiger partial charge in [-0.2, -0.15) is 5.21 Å². The molecule has 0 spiro atoms. The van der Waals surface area contributed by atoms with Gasteiger partial charge in [0.05, 0.1) is 15.8 Å². The van der Waals surface area contributed by atoms with Crippen molar-refractivity contribution >= 4 is 50.0 Å². The molecule has 9 nitrogen and oxygen atoms in total. The van der Waals surface area contributed by atoms with E-state index < -0.39 is 11.6 Å². The van der Waals surface area contributed by atoms with Crippen LogP contribution in [-0.4, -0.2) is 42.2 Å². The predicted octanol–water partition coefficient (Wildman–Crippen LogP) is 1.40. The number of rotatable bonds is 3. The molecule has 0 aliphatic heterocycles. The Balaban J connectivity index is 1.91. The zero-order valence-electron chi connectivity index (χ0n) is 12.2. The molecule has 4 rings (SSSR count). The van der Waals surface area contributed by atoms with Crippen LogP contribution in [-0.2, 0) is 0 Å². The molecule has 0 saturated heterocycles. The van der Waals surface area contributed by atoms with Crippen molar-refractivity contribution in [2.75, 3.05) is 11.6 Å². The van der Waals surface area contributed by atoms with Gasteiger partial charge in [-0.15, -0.1) is 28.2 Å². The number of aromatic amines is 1. The molecule has 0 fully saturated rings. The number of hydrogen-bond donors (Lipinski definition) is 2. The van der Waals surface area contributed by atoms with Crippen molar-refractivity contribution in [3.05, 3.63) is 40.4 Å². The average Bonchev–Trinajstić information content (AvgIpc) is 3.21. The van der Waals surface area contributed by atoms with Gasteiger partial charge in [0.2, 0.25) is 0 Å².